The van der Waals surface area contributed by atoms with E-state index in [2.05, 4.69) is 0 Å². The van der Waals surface area contributed by atoms with Gasteiger partial charge < -0.3 is 4.74 Å². The Bertz CT molecular complexity index is 1070. The monoisotopic (exact) mass is 434 g/mol. The third kappa shape index (κ3) is 3.82. The van der Waals surface area contributed by atoms with Gasteiger partial charge in [-0.2, -0.15) is 17.5 Å². The highest BCUT2D eigenvalue weighted by Gasteiger charge is 2.39. The molecule has 2 aromatic carbocycles. The Kier molecular flexibility index (Phi) is 5.36. The van der Waals surface area contributed by atoms with E-state index >= 15 is 0 Å². The number of alkyl halides is 3. The second kappa shape index (κ2) is 7.35. The average molecular weight is 434 g/mol. The van der Waals surface area contributed by atoms with Crippen LogP contribution in [0.5, 0.6) is 0 Å². The number of ether oxygens (including phenoxy) is 1. The van der Waals surface area contributed by atoms with E-state index in [1.807, 2.05) is 0 Å². The molecular weight excluding hydrogens is 420 g/mol. The molecule has 2 aromatic rings. The Hall–Kier alpha value is -2.57. The lowest BCUT2D eigenvalue weighted by molar-refractivity contribution is -0.387. The molecule has 1 unspecified atom stereocenters. The molecule has 7 nitrogen and oxygen atoms in total. The first kappa shape index (κ1) is 21.1. The Morgan fingerprint density at radius 1 is 1.24 bits per heavy atom. The van der Waals surface area contributed by atoms with Crippen molar-refractivity contribution in [3.63, 3.8) is 0 Å². The summed E-state index contributed by atoms with van der Waals surface area (Å²) in [5.74, 6) is -1.23. The zero-order valence-electron chi connectivity index (χ0n) is 14.8. The summed E-state index contributed by atoms with van der Waals surface area (Å²) in [6.45, 7) is -0.655. The Labute approximate surface area is 162 Å². The number of halogens is 4. The van der Waals surface area contributed by atoms with Crippen molar-refractivity contribution >= 4 is 15.7 Å². The summed E-state index contributed by atoms with van der Waals surface area (Å²) in [5.41, 5.74) is -2.29. The summed E-state index contributed by atoms with van der Waals surface area (Å²) in [4.78, 5) is 9.69. The highest BCUT2D eigenvalue weighted by molar-refractivity contribution is 7.89. The Morgan fingerprint density at radius 2 is 1.90 bits per heavy atom. The van der Waals surface area contributed by atoms with E-state index in [1.165, 1.54) is 12.1 Å². The van der Waals surface area contributed by atoms with Gasteiger partial charge in [0.1, 0.15) is 5.82 Å². The Morgan fingerprint density at radius 3 is 2.52 bits per heavy atom. The van der Waals surface area contributed by atoms with Crippen LogP contribution in [0.1, 0.15) is 22.7 Å². The van der Waals surface area contributed by atoms with Gasteiger partial charge in [-0.15, -0.1) is 0 Å². The minimum Gasteiger partial charge on any atom is -0.375 e. The van der Waals surface area contributed by atoms with Crippen LogP contribution in [0.3, 0.4) is 0 Å². The number of nitrogens with zero attached hydrogens (tertiary/aromatic N) is 2. The maximum absolute atomic E-state index is 14.6. The number of rotatable bonds is 4. The van der Waals surface area contributed by atoms with Crippen LogP contribution in [-0.4, -0.2) is 31.3 Å². The molecular formula is C17H14F4N2O5S. The van der Waals surface area contributed by atoms with Crippen LogP contribution in [0, 0.1) is 15.9 Å². The number of hydrogen-bond donors (Lipinski definition) is 0. The highest BCUT2D eigenvalue weighted by Crippen LogP contribution is 2.39. The summed E-state index contributed by atoms with van der Waals surface area (Å²) >= 11 is 0. The fraction of sp³-hybridized carbons (Fsp3) is 0.294. The number of sulfonamides is 1. The van der Waals surface area contributed by atoms with Crippen molar-refractivity contribution in [2.24, 2.45) is 0 Å². The van der Waals surface area contributed by atoms with E-state index in [0.29, 0.717) is 16.4 Å². The van der Waals surface area contributed by atoms with E-state index in [4.69, 9.17) is 4.74 Å². The van der Waals surface area contributed by atoms with Gasteiger partial charge in [0.25, 0.3) is 5.69 Å². The van der Waals surface area contributed by atoms with E-state index in [0.717, 1.165) is 19.2 Å². The average Bonchev–Trinajstić information content (AvgIpc) is 2.66. The van der Waals surface area contributed by atoms with Gasteiger partial charge in [-0.3, -0.25) is 10.1 Å². The van der Waals surface area contributed by atoms with Crippen molar-refractivity contribution in [3.05, 3.63) is 69.0 Å². The maximum Gasteiger partial charge on any atom is 0.416 e. The topological polar surface area (TPSA) is 89.8 Å². The molecule has 1 aliphatic rings. The van der Waals surface area contributed by atoms with Crippen molar-refractivity contribution in [1.82, 2.24) is 4.31 Å². The predicted molar refractivity (Wildman–Crippen MR) is 91.8 cm³/mol. The normalized spacial score (nSPS) is 17.2. The summed E-state index contributed by atoms with van der Waals surface area (Å²) < 4.78 is 85.2. The molecule has 1 atom stereocenters. The van der Waals surface area contributed by atoms with Gasteiger partial charge in [-0.05, 0) is 23.8 Å². The molecule has 0 aliphatic carbocycles. The molecule has 0 fully saturated rings. The lowest BCUT2D eigenvalue weighted by Crippen LogP contribution is -2.37. The molecule has 12 heteroatoms. The highest BCUT2D eigenvalue weighted by atomic mass is 32.2. The molecule has 0 saturated heterocycles. The van der Waals surface area contributed by atoms with Crippen LogP contribution in [0.15, 0.2) is 41.3 Å². The number of para-hydroxylation sites is 1. The van der Waals surface area contributed by atoms with Gasteiger partial charge in [0.2, 0.25) is 10.0 Å². The predicted octanol–water partition coefficient (Wildman–Crippen LogP) is 3.64. The van der Waals surface area contributed by atoms with Gasteiger partial charge >= 0.3 is 6.18 Å². The molecule has 0 spiro atoms. The molecule has 156 valence electrons. The van der Waals surface area contributed by atoms with Crippen LogP contribution in [0.4, 0.5) is 23.2 Å². The number of nitro benzene ring substituents is 1. The third-order valence-electron chi connectivity index (χ3n) is 4.57. The van der Waals surface area contributed by atoms with E-state index in [1.54, 1.807) is 0 Å². The zero-order chi connectivity index (χ0) is 21.6. The molecule has 0 bridgehead atoms. The SMILES string of the molecule is CN(C1COCc2cc(C(F)(F)F)cc(F)c21)S(=O)(=O)c1ccccc1[N+](=O)[O-]. The first-order valence-corrected chi connectivity index (χ1v) is 9.57. The van der Waals surface area contributed by atoms with Crippen molar-refractivity contribution in [2.45, 2.75) is 23.7 Å². The van der Waals surface area contributed by atoms with Crippen LogP contribution in [0.2, 0.25) is 0 Å². The van der Waals surface area contributed by atoms with Crippen molar-refractivity contribution in [1.29, 1.82) is 0 Å². The molecule has 0 aromatic heterocycles. The first-order chi connectivity index (χ1) is 13.4. The van der Waals surface area contributed by atoms with Crippen molar-refractivity contribution in [3.8, 4) is 0 Å². The zero-order valence-corrected chi connectivity index (χ0v) is 15.6. The van der Waals surface area contributed by atoms with Crippen LogP contribution < -0.4 is 0 Å². The minimum absolute atomic E-state index is 0.141. The van der Waals surface area contributed by atoms with E-state index in [9.17, 15) is 36.1 Å². The fourth-order valence-electron chi connectivity index (χ4n) is 3.13. The Balaban J connectivity index is 2.09. The van der Waals surface area contributed by atoms with Gasteiger partial charge in [0.05, 0.1) is 29.7 Å². The van der Waals surface area contributed by atoms with Gasteiger partial charge in [0.15, 0.2) is 4.90 Å². The second-order valence-corrected chi connectivity index (χ2v) is 8.27. The molecule has 3 rings (SSSR count). The largest absolute Gasteiger partial charge is 0.416 e. The molecule has 0 N–H and O–H groups in total. The number of hydrogen-bond acceptors (Lipinski definition) is 5. The van der Waals surface area contributed by atoms with Crippen molar-refractivity contribution < 1.29 is 35.6 Å². The molecule has 0 saturated carbocycles. The van der Waals surface area contributed by atoms with E-state index < -0.39 is 49.1 Å². The quantitative estimate of drug-likeness (QED) is 0.416. The fourth-order valence-corrected chi connectivity index (χ4v) is 4.60. The summed E-state index contributed by atoms with van der Waals surface area (Å²) in [7, 11) is -3.43. The molecule has 29 heavy (non-hydrogen) atoms. The summed E-state index contributed by atoms with van der Waals surface area (Å²) in [6.07, 6.45) is -4.79. The van der Waals surface area contributed by atoms with E-state index in [-0.39, 0.29) is 24.3 Å². The molecule has 1 heterocycles. The molecule has 1 aliphatic heterocycles. The van der Waals surface area contributed by atoms with Gasteiger partial charge in [0, 0.05) is 18.7 Å². The second-order valence-electron chi connectivity index (χ2n) is 6.31. The first-order valence-electron chi connectivity index (χ1n) is 8.13. The lowest BCUT2D eigenvalue weighted by atomic mass is 9.96. The van der Waals surface area contributed by atoms with Crippen LogP contribution >= 0.6 is 0 Å². The summed E-state index contributed by atoms with van der Waals surface area (Å²) in [5, 5.41) is 11.2. The van der Waals surface area contributed by atoms with Gasteiger partial charge in [-0.1, -0.05) is 12.1 Å². The number of benzene rings is 2. The lowest BCUT2D eigenvalue weighted by Gasteiger charge is -2.33. The van der Waals surface area contributed by atoms with Crippen LogP contribution in [-0.2, 0) is 27.5 Å². The standard InChI is InChI=1S/C17H14F4N2O5S/c1-22(29(26,27)15-5-3-2-4-13(15)23(24)25)14-9-28-8-10-6-11(17(19,20)21)7-12(18)16(10)14/h2-7,14H,8-9H2,1H3. The molecule has 0 radical (unpaired) electrons. The number of fused-ring (bicyclic) bond motifs is 1. The maximum atomic E-state index is 14.6. The number of nitro groups is 1. The van der Waals surface area contributed by atoms with Crippen LogP contribution in [0.25, 0.3) is 0 Å². The molecule has 0 amide bonds. The van der Waals surface area contributed by atoms with Crippen molar-refractivity contribution in [2.75, 3.05) is 13.7 Å². The number of likely N-dealkylation sites (N-methyl/N-ethyl adjacent to an activating group) is 1. The smallest absolute Gasteiger partial charge is 0.375 e. The van der Waals surface area contributed by atoms with Gasteiger partial charge in [-0.25, -0.2) is 12.8 Å². The summed E-state index contributed by atoms with van der Waals surface area (Å²) in [6, 6.07) is 4.30. The third-order valence-corrected chi connectivity index (χ3v) is 6.48. The minimum atomic E-state index is -4.79.